The van der Waals surface area contributed by atoms with Gasteiger partial charge in [0.15, 0.2) is 0 Å². The van der Waals surface area contributed by atoms with Crippen LogP contribution in [0.3, 0.4) is 0 Å². The lowest BCUT2D eigenvalue weighted by Crippen LogP contribution is -2.45. The second-order valence-electron chi connectivity index (χ2n) is 5.52. The molecule has 0 bridgehead atoms. The van der Waals surface area contributed by atoms with E-state index in [2.05, 4.69) is 21.2 Å². The van der Waals surface area contributed by atoms with Gasteiger partial charge in [-0.1, -0.05) is 0 Å². The van der Waals surface area contributed by atoms with Gasteiger partial charge in [0.2, 0.25) is 0 Å². The van der Waals surface area contributed by atoms with Gasteiger partial charge in [-0.25, -0.2) is 0 Å². The molecular formula is C14H19BrN2OS. The lowest BCUT2D eigenvalue weighted by Gasteiger charge is -2.32. The summed E-state index contributed by atoms with van der Waals surface area (Å²) in [5.74, 6) is 1.12. The third-order valence-corrected chi connectivity index (χ3v) is 5.57. The number of rotatable bonds is 4. The maximum absolute atomic E-state index is 12.3. The van der Waals surface area contributed by atoms with Crippen LogP contribution in [0.15, 0.2) is 15.9 Å². The maximum Gasteiger partial charge on any atom is 0.263 e. The van der Waals surface area contributed by atoms with Crippen LogP contribution in [-0.2, 0) is 0 Å². The Morgan fingerprint density at radius 3 is 2.63 bits per heavy atom. The standard InChI is InChI=1S/C14H19BrN2OS/c15-13-4-3-12(19-13)14(18)17-7-5-11(6-8-17)16-9-10-1-2-10/h3-4,10-11,16H,1-2,5-9H2. The molecule has 0 radical (unpaired) electrons. The van der Waals surface area contributed by atoms with Crippen molar-refractivity contribution >= 4 is 33.2 Å². The van der Waals surface area contributed by atoms with E-state index in [1.165, 1.54) is 30.7 Å². The van der Waals surface area contributed by atoms with Gasteiger partial charge >= 0.3 is 0 Å². The van der Waals surface area contributed by atoms with Crippen molar-refractivity contribution in [2.75, 3.05) is 19.6 Å². The minimum absolute atomic E-state index is 0.191. The molecule has 0 atom stereocenters. The minimum atomic E-state index is 0.191. The summed E-state index contributed by atoms with van der Waals surface area (Å²) in [6.07, 6.45) is 4.98. The van der Waals surface area contributed by atoms with Gasteiger partial charge < -0.3 is 10.2 Å². The van der Waals surface area contributed by atoms with Crippen molar-refractivity contribution in [1.82, 2.24) is 10.2 Å². The van der Waals surface area contributed by atoms with Crippen LogP contribution in [0.25, 0.3) is 0 Å². The van der Waals surface area contributed by atoms with Crippen LogP contribution in [0.1, 0.15) is 35.4 Å². The number of nitrogens with one attached hydrogen (secondary N) is 1. The first kappa shape index (κ1) is 13.6. The van der Waals surface area contributed by atoms with Crippen molar-refractivity contribution in [1.29, 1.82) is 0 Å². The molecule has 1 aromatic rings. The molecule has 1 amide bonds. The Hall–Kier alpha value is -0.390. The molecule has 2 fully saturated rings. The Balaban J connectivity index is 1.47. The van der Waals surface area contributed by atoms with Crippen molar-refractivity contribution in [3.8, 4) is 0 Å². The van der Waals surface area contributed by atoms with Crippen molar-refractivity contribution in [2.45, 2.75) is 31.7 Å². The molecule has 5 heteroatoms. The number of hydrogen-bond acceptors (Lipinski definition) is 3. The number of amides is 1. The van der Waals surface area contributed by atoms with E-state index in [0.717, 1.165) is 40.5 Å². The van der Waals surface area contributed by atoms with Crippen molar-refractivity contribution in [3.05, 3.63) is 20.8 Å². The SMILES string of the molecule is O=C(c1ccc(Br)s1)N1CCC(NCC2CC2)CC1. The highest BCUT2D eigenvalue weighted by atomic mass is 79.9. The van der Waals surface area contributed by atoms with Crippen molar-refractivity contribution in [2.24, 2.45) is 5.92 Å². The summed E-state index contributed by atoms with van der Waals surface area (Å²) in [6, 6.07) is 4.47. The lowest BCUT2D eigenvalue weighted by atomic mass is 10.0. The van der Waals surface area contributed by atoms with E-state index in [-0.39, 0.29) is 5.91 Å². The topological polar surface area (TPSA) is 32.3 Å². The highest BCUT2D eigenvalue weighted by Gasteiger charge is 2.26. The minimum Gasteiger partial charge on any atom is -0.338 e. The average Bonchev–Trinajstić information content (AvgIpc) is 3.17. The summed E-state index contributed by atoms with van der Waals surface area (Å²) >= 11 is 4.93. The lowest BCUT2D eigenvalue weighted by molar-refractivity contribution is 0.0710. The van der Waals surface area contributed by atoms with E-state index >= 15 is 0 Å². The molecular weight excluding hydrogens is 324 g/mol. The normalized spacial score (nSPS) is 20.8. The fourth-order valence-corrected chi connectivity index (χ4v) is 3.88. The van der Waals surface area contributed by atoms with Crippen LogP contribution < -0.4 is 5.32 Å². The number of likely N-dealkylation sites (tertiary alicyclic amines) is 1. The van der Waals surface area contributed by atoms with Gasteiger partial charge in [-0.3, -0.25) is 4.79 Å². The largest absolute Gasteiger partial charge is 0.338 e. The van der Waals surface area contributed by atoms with Gasteiger partial charge in [0.1, 0.15) is 0 Å². The molecule has 19 heavy (non-hydrogen) atoms. The first-order valence-electron chi connectivity index (χ1n) is 7.00. The number of nitrogens with zero attached hydrogens (tertiary/aromatic N) is 1. The summed E-state index contributed by atoms with van der Waals surface area (Å²) in [5.41, 5.74) is 0. The molecule has 0 unspecified atom stereocenters. The Morgan fingerprint density at radius 1 is 1.32 bits per heavy atom. The molecule has 1 aliphatic carbocycles. The fraction of sp³-hybridized carbons (Fsp3) is 0.643. The van der Waals surface area contributed by atoms with Gasteiger partial charge in [0.25, 0.3) is 5.91 Å². The Morgan fingerprint density at radius 2 is 2.05 bits per heavy atom. The molecule has 2 aliphatic rings. The number of thiophene rings is 1. The third-order valence-electron chi connectivity index (χ3n) is 3.96. The van der Waals surface area contributed by atoms with Crippen LogP contribution in [-0.4, -0.2) is 36.5 Å². The van der Waals surface area contributed by atoms with Crippen molar-refractivity contribution in [3.63, 3.8) is 0 Å². The van der Waals surface area contributed by atoms with E-state index in [0.29, 0.717) is 6.04 Å². The summed E-state index contributed by atoms with van der Waals surface area (Å²) < 4.78 is 1.02. The molecule has 3 nitrogen and oxygen atoms in total. The quantitative estimate of drug-likeness (QED) is 0.911. The van der Waals surface area contributed by atoms with Crippen LogP contribution in [0, 0.1) is 5.92 Å². The molecule has 1 saturated carbocycles. The van der Waals surface area contributed by atoms with Crippen LogP contribution in [0.2, 0.25) is 0 Å². The van der Waals surface area contributed by atoms with E-state index in [4.69, 9.17) is 0 Å². The monoisotopic (exact) mass is 342 g/mol. The number of hydrogen-bond donors (Lipinski definition) is 1. The van der Waals surface area contributed by atoms with E-state index in [1.807, 2.05) is 17.0 Å². The Bertz CT molecular complexity index is 450. The number of carbonyl (C=O) groups excluding carboxylic acids is 1. The zero-order valence-corrected chi connectivity index (χ0v) is 13.3. The van der Waals surface area contributed by atoms with Crippen LogP contribution in [0.4, 0.5) is 0 Å². The fourth-order valence-electron chi connectivity index (χ4n) is 2.53. The van der Waals surface area contributed by atoms with Gasteiger partial charge in [-0.05, 0) is 66.2 Å². The molecule has 1 aliphatic heterocycles. The summed E-state index contributed by atoms with van der Waals surface area (Å²) in [7, 11) is 0. The number of piperidine rings is 1. The smallest absolute Gasteiger partial charge is 0.263 e. The van der Waals surface area contributed by atoms with Gasteiger partial charge in [-0.2, -0.15) is 0 Å². The molecule has 0 spiro atoms. The Labute approximate surface area is 126 Å². The van der Waals surface area contributed by atoms with Crippen LogP contribution >= 0.6 is 27.3 Å². The number of carbonyl (C=O) groups is 1. The summed E-state index contributed by atoms with van der Waals surface area (Å²) in [5, 5.41) is 3.64. The highest BCUT2D eigenvalue weighted by molar-refractivity contribution is 9.11. The zero-order chi connectivity index (χ0) is 13.2. The average molecular weight is 343 g/mol. The second-order valence-corrected chi connectivity index (χ2v) is 7.98. The second kappa shape index (κ2) is 5.94. The summed E-state index contributed by atoms with van der Waals surface area (Å²) in [4.78, 5) is 15.1. The molecule has 1 N–H and O–H groups in total. The molecule has 1 aromatic heterocycles. The van der Waals surface area contributed by atoms with E-state index < -0.39 is 0 Å². The third kappa shape index (κ3) is 3.58. The molecule has 2 heterocycles. The van der Waals surface area contributed by atoms with Crippen LogP contribution in [0.5, 0.6) is 0 Å². The van der Waals surface area contributed by atoms with E-state index in [1.54, 1.807) is 0 Å². The zero-order valence-electron chi connectivity index (χ0n) is 10.9. The van der Waals surface area contributed by atoms with Gasteiger partial charge in [0.05, 0.1) is 8.66 Å². The van der Waals surface area contributed by atoms with Crippen molar-refractivity contribution < 1.29 is 4.79 Å². The predicted octanol–water partition coefficient (Wildman–Crippen LogP) is 3.11. The summed E-state index contributed by atoms with van der Waals surface area (Å²) in [6.45, 7) is 2.95. The Kier molecular flexibility index (Phi) is 4.24. The van der Waals surface area contributed by atoms with Gasteiger partial charge in [-0.15, -0.1) is 11.3 Å². The highest BCUT2D eigenvalue weighted by Crippen LogP contribution is 2.28. The number of halogens is 1. The first-order valence-corrected chi connectivity index (χ1v) is 8.61. The first-order chi connectivity index (χ1) is 9.22. The predicted molar refractivity (Wildman–Crippen MR) is 81.7 cm³/mol. The molecule has 104 valence electrons. The van der Waals surface area contributed by atoms with E-state index in [9.17, 15) is 4.79 Å². The molecule has 3 rings (SSSR count). The van der Waals surface area contributed by atoms with Gasteiger partial charge in [0, 0.05) is 19.1 Å². The molecule has 1 saturated heterocycles. The maximum atomic E-state index is 12.3. The molecule has 0 aromatic carbocycles.